The molecule has 0 radical (unpaired) electrons. The van der Waals surface area contributed by atoms with Crippen molar-refractivity contribution in [3.8, 4) is 11.1 Å². The highest BCUT2D eigenvalue weighted by molar-refractivity contribution is 6.35. The van der Waals surface area contributed by atoms with Gasteiger partial charge in [0.1, 0.15) is 5.82 Å². The number of anilines is 1. The number of hydrogen-bond donors (Lipinski definition) is 0. The van der Waals surface area contributed by atoms with Crippen molar-refractivity contribution >= 4 is 28.9 Å². The molecule has 0 aromatic heterocycles. The summed E-state index contributed by atoms with van der Waals surface area (Å²) in [5, 5.41) is 1.07. The van der Waals surface area contributed by atoms with E-state index in [-0.39, 0.29) is 5.82 Å². The van der Waals surface area contributed by atoms with Gasteiger partial charge in [-0.3, -0.25) is 0 Å². The predicted molar refractivity (Wildman–Crippen MR) is 76.2 cm³/mol. The Morgan fingerprint density at radius 2 is 1.50 bits per heavy atom. The van der Waals surface area contributed by atoms with E-state index in [1.54, 1.807) is 43.3 Å². The zero-order valence-electron chi connectivity index (χ0n) is 10.0. The van der Waals surface area contributed by atoms with Crippen LogP contribution in [-0.2, 0) is 0 Å². The molecule has 0 bridgehead atoms. The first-order valence-electron chi connectivity index (χ1n) is 5.41. The lowest BCUT2D eigenvalue weighted by Crippen LogP contribution is -2.10. The fourth-order valence-electron chi connectivity index (χ4n) is 1.77. The molecule has 0 aliphatic rings. The molecule has 1 nitrogen and oxygen atoms in total. The molecule has 0 aliphatic heterocycles. The average Bonchev–Trinajstić information content (AvgIpc) is 2.26. The number of benzene rings is 2. The molecule has 0 heterocycles. The van der Waals surface area contributed by atoms with Gasteiger partial charge in [0.2, 0.25) is 0 Å². The van der Waals surface area contributed by atoms with Crippen LogP contribution >= 0.6 is 23.2 Å². The molecule has 0 saturated heterocycles. The molecule has 2 rings (SSSR count). The molecule has 0 unspecified atom stereocenters. The van der Waals surface area contributed by atoms with Crippen LogP contribution in [0.2, 0.25) is 10.0 Å². The summed E-state index contributed by atoms with van der Waals surface area (Å²) in [5.41, 5.74) is 2.10. The van der Waals surface area contributed by atoms with E-state index in [0.717, 1.165) is 11.1 Å². The quantitative estimate of drug-likeness (QED) is 0.760. The summed E-state index contributed by atoms with van der Waals surface area (Å²) in [6.45, 7) is 0. The van der Waals surface area contributed by atoms with E-state index < -0.39 is 0 Å². The summed E-state index contributed by atoms with van der Waals surface area (Å²) < 4.78 is 13.9. The SMILES string of the molecule is CN(C)c1ccc(-c2cc(Cl)cc(Cl)c2)cc1F. The third-order valence-electron chi connectivity index (χ3n) is 2.63. The van der Waals surface area contributed by atoms with Crippen LogP contribution in [0, 0.1) is 5.82 Å². The largest absolute Gasteiger partial charge is 0.375 e. The molecule has 2 aromatic rings. The van der Waals surface area contributed by atoms with Gasteiger partial charge in [-0.15, -0.1) is 0 Å². The lowest BCUT2D eigenvalue weighted by molar-refractivity contribution is 0.626. The maximum atomic E-state index is 13.9. The predicted octanol–water partition coefficient (Wildman–Crippen LogP) is 4.87. The Labute approximate surface area is 116 Å². The maximum Gasteiger partial charge on any atom is 0.147 e. The van der Waals surface area contributed by atoms with Gasteiger partial charge in [0, 0.05) is 24.1 Å². The van der Waals surface area contributed by atoms with Crippen LogP contribution < -0.4 is 4.90 Å². The molecule has 0 amide bonds. The van der Waals surface area contributed by atoms with Gasteiger partial charge in [-0.2, -0.15) is 0 Å². The molecular weight excluding hydrogens is 272 g/mol. The van der Waals surface area contributed by atoms with E-state index in [1.165, 1.54) is 6.07 Å². The van der Waals surface area contributed by atoms with Gasteiger partial charge in [0.15, 0.2) is 0 Å². The first kappa shape index (κ1) is 13.2. The van der Waals surface area contributed by atoms with Crippen LogP contribution in [0.3, 0.4) is 0 Å². The van der Waals surface area contributed by atoms with Crippen LogP contribution in [0.25, 0.3) is 11.1 Å². The van der Waals surface area contributed by atoms with Crippen molar-refractivity contribution in [2.45, 2.75) is 0 Å². The Hall–Kier alpha value is -1.25. The fourth-order valence-corrected chi connectivity index (χ4v) is 2.30. The molecule has 18 heavy (non-hydrogen) atoms. The van der Waals surface area contributed by atoms with Gasteiger partial charge >= 0.3 is 0 Å². The summed E-state index contributed by atoms with van der Waals surface area (Å²) in [6, 6.07) is 10.2. The Kier molecular flexibility index (Phi) is 3.79. The second kappa shape index (κ2) is 5.17. The minimum atomic E-state index is -0.270. The number of hydrogen-bond acceptors (Lipinski definition) is 1. The molecule has 0 aliphatic carbocycles. The zero-order chi connectivity index (χ0) is 13.3. The van der Waals surface area contributed by atoms with Crippen molar-refractivity contribution in [1.82, 2.24) is 0 Å². The van der Waals surface area contributed by atoms with Crippen molar-refractivity contribution in [2.24, 2.45) is 0 Å². The third-order valence-corrected chi connectivity index (χ3v) is 3.06. The molecule has 94 valence electrons. The summed E-state index contributed by atoms with van der Waals surface area (Å²) in [6.07, 6.45) is 0. The first-order chi connectivity index (χ1) is 8.47. The first-order valence-corrected chi connectivity index (χ1v) is 6.16. The average molecular weight is 284 g/mol. The molecular formula is C14H12Cl2FN. The fraction of sp³-hybridized carbons (Fsp3) is 0.143. The van der Waals surface area contributed by atoms with Crippen LogP contribution in [0.4, 0.5) is 10.1 Å². The molecule has 2 aromatic carbocycles. The highest BCUT2D eigenvalue weighted by Crippen LogP contribution is 2.29. The number of rotatable bonds is 2. The smallest absolute Gasteiger partial charge is 0.147 e. The van der Waals surface area contributed by atoms with Crippen LogP contribution in [0.5, 0.6) is 0 Å². The molecule has 4 heteroatoms. The van der Waals surface area contributed by atoms with Gasteiger partial charge in [-0.1, -0.05) is 29.3 Å². The molecule has 0 spiro atoms. The standard InChI is InChI=1S/C14H12Cl2FN/c1-18(2)14-4-3-9(7-13(14)17)10-5-11(15)8-12(16)6-10/h3-8H,1-2H3. The monoisotopic (exact) mass is 283 g/mol. The lowest BCUT2D eigenvalue weighted by atomic mass is 10.0. The summed E-state index contributed by atoms with van der Waals surface area (Å²) in [7, 11) is 3.60. The summed E-state index contributed by atoms with van der Waals surface area (Å²) >= 11 is 11.9. The van der Waals surface area contributed by atoms with Crippen LogP contribution in [0.15, 0.2) is 36.4 Å². The Balaban J connectivity index is 2.48. The normalized spacial score (nSPS) is 10.5. The maximum absolute atomic E-state index is 13.9. The van der Waals surface area contributed by atoms with Gasteiger partial charge in [-0.25, -0.2) is 4.39 Å². The molecule has 0 atom stereocenters. The molecule has 0 saturated carbocycles. The lowest BCUT2D eigenvalue weighted by Gasteiger charge is -2.14. The van der Waals surface area contributed by atoms with E-state index in [2.05, 4.69) is 0 Å². The zero-order valence-corrected chi connectivity index (χ0v) is 11.6. The molecule has 0 fully saturated rings. The van der Waals surface area contributed by atoms with Crippen molar-refractivity contribution in [3.05, 3.63) is 52.3 Å². The van der Waals surface area contributed by atoms with Gasteiger partial charge in [0.25, 0.3) is 0 Å². The van der Waals surface area contributed by atoms with Crippen LogP contribution in [-0.4, -0.2) is 14.1 Å². The van der Waals surface area contributed by atoms with E-state index in [0.29, 0.717) is 15.7 Å². The summed E-state index contributed by atoms with van der Waals surface area (Å²) in [5.74, 6) is -0.270. The third kappa shape index (κ3) is 2.77. The Morgan fingerprint density at radius 3 is 2.00 bits per heavy atom. The second-order valence-electron chi connectivity index (χ2n) is 4.22. The minimum absolute atomic E-state index is 0.270. The van der Waals surface area contributed by atoms with Gasteiger partial charge in [0.05, 0.1) is 5.69 Å². The summed E-state index contributed by atoms with van der Waals surface area (Å²) in [4.78, 5) is 1.73. The van der Waals surface area contributed by atoms with Crippen molar-refractivity contribution in [1.29, 1.82) is 0 Å². The topological polar surface area (TPSA) is 3.24 Å². The van der Waals surface area contributed by atoms with Crippen molar-refractivity contribution in [2.75, 3.05) is 19.0 Å². The van der Waals surface area contributed by atoms with E-state index in [9.17, 15) is 4.39 Å². The Bertz CT molecular complexity index is 562. The number of halogens is 3. The van der Waals surface area contributed by atoms with Gasteiger partial charge < -0.3 is 4.90 Å². The highest BCUT2D eigenvalue weighted by Gasteiger charge is 2.07. The van der Waals surface area contributed by atoms with Crippen molar-refractivity contribution in [3.63, 3.8) is 0 Å². The second-order valence-corrected chi connectivity index (χ2v) is 5.09. The van der Waals surface area contributed by atoms with Crippen molar-refractivity contribution < 1.29 is 4.39 Å². The van der Waals surface area contributed by atoms with Crippen LogP contribution in [0.1, 0.15) is 0 Å². The van der Waals surface area contributed by atoms with E-state index in [1.807, 2.05) is 6.07 Å². The Morgan fingerprint density at radius 1 is 0.889 bits per heavy atom. The van der Waals surface area contributed by atoms with E-state index >= 15 is 0 Å². The van der Waals surface area contributed by atoms with E-state index in [4.69, 9.17) is 23.2 Å². The van der Waals surface area contributed by atoms with Gasteiger partial charge in [-0.05, 0) is 41.5 Å². The molecule has 0 N–H and O–H groups in total. The minimum Gasteiger partial charge on any atom is -0.375 e. The highest BCUT2D eigenvalue weighted by atomic mass is 35.5. The number of nitrogens with zero attached hydrogens (tertiary/aromatic N) is 1.